The Morgan fingerprint density at radius 1 is 1.38 bits per heavy atom. The second-order valence-electron chi connectivity index (χ2n) is 3.54. The molecule has 1 atom stereocenters. The Kier molecular flexibility index (Phi) is 2.76. The summed E-state index contributed by atoms with van der Waals surface area (Å²) >= 11 is 0. The van der Waals surface area contributed by atoms with Crippen molar-refractivity contribution in [1.29, 1.82) is 0 Å². The molecule has 0 aromatic heterocycles. The lowest BCUT2D eigenvalue weighted by Gasteiger charge is -2.03. The van der Waals surface area contributed by atoms with Crippen molar-refractivity contribution in [2.24, 2.45) is 0 Å². The molecular weight excluding hydrogens is 210 g/mol. The molecule has 84 valence electrons. The zero-order chi connectivity index (χ0) is 11.5. The lowest BCUT2D eigenvalue weighted by molar-refractivity contribution is -0.145. The molecule has 1 aliphatic heterocycles. The number of rotatable bonds is 3. The van der Waals surface area contributed by atoms with Crippen LogP contribution >= 0.6 is 0 Å². The number of hydrogen-bond donors (Lipinski definition) is 1. The highest BCUT2D eigenvalue weighted by atomic mass is 16.5. The fraction of sp³-hybridized carbons (Fsp3) is 0.273. The predicted molar refractivity (Wildman–Crippen MR) is 54.8 cm³/mol. The third-order valence-electron chi connectivity index (χ3n) is 2.35. The SMILES string of the molecule is O=C(OCc1ccccc1)C1CN1C(=O)O. The Morgan fingerprint density at radius 3 is 2.62 bits per heavy atom. The molecule has 0 spiro atoms. The van der Waals surface area contributed by atoms with Gasteiger partial charge in [-0.25, -0.2) is 9.59 Å². The average molecular weight is 221 g/mol. The third-order valence-corrected chi connectivity index (χ3v) is 2.35. The van der Waals surface area contributed by atoms with Crippen LogP contribution in [0.3, 0.4) is 0 Å². The van der Waals surface area contributed by atoms with E-state index in [4.69, 9.17) is 9.84 Å². The fourth-order valence-electron chi connectivity index (χ4n) is 1.38. The van der Waals surface area contributed by atoms with Gasteiger partial charge in [0.2, 0.25) is 0 Å². The molecule has 16 heavy (non-hydrogen) atoms. The Hall–Kier alpha value is -2.04. The van der Waals surface area contributed by atoms with Gasteiger partial charge in [0.05, 0.1) is 6.54 Å². The largest absolute Gasteiger partial charge is 0.465 e. The third kappa shape index (κ3) is 2.31. The molecule has 1 unspecified atom stereocenters. The molecular formula is C11H11NO4. The Balaban J connectivity index is 1.80. The molecule has 5 heteroatoms. The van der Waals surface area contributed by atoms with Crippen LogP contribution in [0.1, 0.15) is 5.56 Å². The fourth-order valence-corrected chi connectivity index (χ4v) is 1.38. The summed E-state index contributed by atoms with van der Waals surface area (Å²) in [5, 5.41) is 8.58. The number of hydrogen-bond acceptors (Lipinski definition) is 3. The van der Waals surface area contributed by atoms with Crippen molar-refractivity contribution in [2.75, 3.05) is 6.54 Å². The van der Waals surface area contributed by atoms with E-state index in [1.54, 1.807) is 0 Å². The first-order chi connectivity index (χ1) is 7.68. The van der Waals surface area contributed by atoms with Gasteiger partial charge in [-0.1, -0.05) is 30.3 Å². The van der Waals surface area contributed by atoms with Crippen molar-refractivity contribution < 1.29 is 19.4 Å². The number of carbonyl (C=O) groups is 2. The van der Waals surface area contributed by atoms with Crippen molar-refractivity contribution in [3.05, 3.63) is 35.9 Å². The molecule has 5 nitrogen and oxygen atoms in total. The number of benzene rings is 1. The molecule has 1 aliphatic rings. The highest BCUT2D eigenvalue weighted by Gasteiger charge is 2.45. The summed E-state index contributed by atoms with van der Waals surface area (Å²) in [5.74, 6) is -0.480. The minimum atomic E-state index is -1.08. The van der Waals surface area contributed by atoms with E-state index in [1.807, 2.05) is 30.3 Å². The summed E-state index contributed by atoms with van der Waals surface area (Å²) in [6, 6.07) is 8.65. The number of carboxylic acid groups (broad SMARTS) is 1. The summed E-state index contributed by atoms with van der Waals surface area (Å²) in [7, 11) is 0. The Morgan fingerprint density at radius 2 is 2.06 bits per heavy atom. The molecule has 1 aromatic rings. The monoisotopic (exact) mass is 221 g/mol. The van der Waals surface area contributed by atoms with E-state index in [1.165, 1.54) is 0 Å². The van der Waals surface area contributed by atoms with Gasteiger partial charge in [-0.2, -0.15) is 0 Å². The molecule has 2 rings (SSSR count). The van der Waals surface area contributed by atoms with Gasteiger partial charge in [0.25, 0.3) is 0 Å². The molecule has 1 aromatic carbocycles. The van der Waals surface area contributed by atoms with E-state index in [0.717, 1.165) is 10.5 Å². The minimum absolute atomic E-state index is 0.184. The summed E-state index contributed by atoms with van der Waals surface area (Å²) < 4.78 is 4.99. The summed E-state index contributed by atoms with van der Waals surface area (Å²) in [6.45, 7) is 0.423. The highest BCUT2D eigenvalue weighted by molar-refractivity contribution is 5.86. The minimum Gasteiger partial charge on any atom is -0.465 e. The molecule has 1 saturated heterocycles. The van der Waals surface area contributed by atoms with Gasteiger partial charge in [0, 0.05) is 0 Å². The van der Waals surface area contributed by atoms with E-state index < -0.39 is 18.1 Å². The predicted octanol–water partition coefficient (Wildman–Crippen LogP) is 1.09. The molecule has 1 amide bonds. The normalized spacial score (nSPS) is 18.0. The highest BCUT2D eigenvalue weighted by Crippen LogP contribution is 2.19. The molecule has 1 N–H and O–H groups in total. The maximum absolute atomic E-state index is 11.4. The van der Waals surface area contributed by atoms with E-state index in [2.05, 4.69) is 0 Å². The van der Waals surface area contributed by atoms with Crippen molar-refractivity contribution >= 4 is 12.1 Å². The van der Waals surface area contributed by atoms with Crippen LogP contribution in [0.2, 0.25) is 0 Å². The summed E-state index contributed by atoms with van der Waals surface area (Å²) in [4.78, 5) is 22.9. The maximum atomic E-state index is 11.4. The zero-order valence-electron chi connectivity index (χ0n) is 8.50. The van der Waals surface area contributed by atoms with E-state index in [-0.39, 0.29) is 13.2 Å². The first-order valence-electron chi connectivity index (χ1n) is 4.88. The van der Waals surface area contributed by atoms with Gasteiger partial charge in [-0.3, -0.25) is 4.90 Å². The van der Waals surface area contributed by atoms with Gasteiger partial charge < -0.3 is 9.84 Å². The topological polar surface area (TPSA) is 66.6 Å². The second kappa shape index (κ2) is 4.22. The van der Waals surface area contributed by atoms with Gasteiger partial charge in [0.1, 0.15) is 6.61 Å². The van der Waals surface area contributed by atoms with Crippen molar-refractivity contribution in [1.82, 2.24) is 4.90 Å². The lowest BCUT2D eigenvalue weighted by atomic mass is 10.2. The molecule has 1 fully saturated rings. The van der Waals surface area contributed by atoms with Crippen LogP contribution in [0.5, 0.6) is 0 Å². The summed E-state index contributed by atoms with van der Waals surface area (Å²) in [5.41, 5.74) is 0.887. The van der Waals surface area contributed by atoms with Gasteiger partial charge >= 0.3 is 12.1 Å². The Bertz CT molecular complexity index is 404. The molecule has 0 aliphatic carbocycles. The number of nitrogens with zero attached hydrogens (tertiary/aromatic N) is 1. The van der Waals surface area contributed by atoms with Crippen molar-refractivity contribution in [3.63, 3.8) is 0 Å². The van der Waals surface area contributed by atoms with Crippen LogP contribution in [0.25, 0.3) is 0 Å². The van der Waals surface area contributed by atoms with Crippen LogP contribution in [-0.2, 0) is 16.1 Å². The Labute approximate surface area is 92.2 Å². The molecule has 0 bridgehead atoms. The maximum Gasteiger partial charge on any atom is 0.408 e. The van der Waals surface area contributed by atoms with Crippen LogP contribution in [0.4, 0.5) is 4.79 Å². The van der Waals surface area contributed by atoms with Gasteiger partial charge in [-0.15, -0.1) is 0 Å². The smallest absolute Gasteiger partial charge is 0.408 e. The van der Waals surface area contributed by atoms with E-state index >= 15 is 0 Å². The van der Waals surface area contributed by atoms with Gasteiger partial charge in [0.15, 0.2) is 6.04 Å². The molecule has 0 radical (unpaired) electrons. The van der Waals surface area contributed by atoms with Crippen LogP contribution in [0.15, 0.2) is 30.3 Å². The first kappa shape index (κ1) is 10.5. The van der Waals surface area contributed by atoms with Crippen molar-refractivity contribution in [3.8, 4) is 0 Å². The summed E-state index contributed by atoms with van der Waals surface area (Å²) in [6.07, 6.45) is -1.08. The van der Waals surface area contributed by atoms with E-state index in [9.17, 15) is 9.59 Å². The molecule has 0 saturated carbocycles. The van der Waals surface area contributed by atoms with Crippen LogP contribution < -0.4 is 0 Å². The van der Waals surface area contributed by atoms with E-state index in [0.29, 0.717) is 0 Å². The number of amides is 1. The standard InChI is InChI=1S/C11H11NO4/c13-10(9-6-12(9)11(14)15)16-7-8-4-2-1-3-5-8/h1-5,9H,6-7H2,(H,14,15). The quantitative estimate of drug-likeness (QED) is 0.613. The number of ether oxygens (including phenoxy) is 1. The first-order valence-corrected chi connectivity index (χ1v) is 4.88. The van der Waals surface area contributed by atoms with Crippen LogP contribution in [0, 0.1) is 0 Å². The number of esters is 1. The zero-order valence-corrected chi connectivity index (χ0v) is 8.50. The lowest BCUT2D eigenvalue weighted by Crippen LogP contribution is -2.19. The van der Waals surface area contributed by atoms with Gasteiger partial charge in [-0.05, 0) is 5.56 Å². The number of carbonyl (C=O) groups excluding carboxylic acids is 1. The average Bonchev–Trinajstić information content (AvgIpc) is 3.07. The second-order valence-corrected chi connectivity index (χ2v) is 3.54. The molecule has 1 heterocycles. The van der Waals surface area contributed by atoms with Crippen molar-refractivity contribution in [2.45, 2.75) is 12.6 Å². The van der Waals surface area contributed by atoms with Crippen LogP contribution in [-0.4, -0.2) is 34.7 Å².